The first-order valence-corrected chi connectivity index (χ1v) is 7.08. The second-order valence-corrected chi connectivity index (χ2v) is 6.26. The Kier molecular flexibility index (Phi) is 3.87. The van der Waals surface area contributed by atoms with Crippen molar-refractivity contribution in [2.75, 3.05) is 0 Å². The number of nitrogens with zero attached hydrogens (tertiary/aromatic N) is 1. The molecular weight excluding hydrogens is 286 g/mol. The van der Waals surface area contributed by atoms with E-state index in [9.17, 15) is 19.5 Å². The molecule has 1 aromatic rings. The van der Waals surface area contributed by atoms with Gasteiger partial charge < -0.3 is 20.7 Å². The van der Waals surface area contributed by atoms with Gasteiger partial charge in [0.25, 0.3) is 17.6 Å². The zero-order valence-corrected chi connectivity index (χ0v) is 13.2. The Balaban J connectivity index is 2.28. The fourth-order valence-electron chi connectivity index (χ4n) is 3.18. The fourth-order valence-corrected chi connectivity index (χ4v) is 3.18. The number of nitrogens with two attached hydrogens (primary N) is 1. The second-order valence-electron chi connectivity index (χ2n) is 6.26. The minimum absolute atomic E-state index is 0.160. The third kappa shape index (κ3) is 2.52. The SMILES string of the molecule is Cc1c(C(N)=O)c(C)n(C)c1C(=O)C(=O)NC1(C)CC(O)C1. The Morgan fingerprint density at radius 2 is 1.86 bits per heavy atom. The number of hydrogen-bond acceptors (Lipinski definition) is 4. The van der Waals surface area contributed by atoms with Crippen LogP contribution in [0, 0.1) is 13.8 Å². The third-order valence-electron chi connectivity index (χ3n) is 4.39. The Hall–Kier alpha value is -2.15. The quantitative estimate of drug-likeness (QED) is 0.534. The lowest BCUT2D eigenvalue weighted by Gasteiger charge is -2.42. The molecule has 7 nitrogen and oxygen atoms in total. The normalized spacial score (nSPS) is 23.8. The molecule has 1 fully saturated rings. The van der Waals surface area contributed by atoms with E-state index in [1.165, 1.54) is 4.57 Å². The summed E-state index contributed by atoms with van der Waals surface area (Å²) in [6, 6.07) is 0. The molecule has 0 aliphatic heterocycles. The van der Waals surface area contributed by atoms with Crippen LogP contribution < -0.4 is 11.1 Å². The van der Waals surface area contributed by atoms with Crippen molar-refractivity contribution in [3.63, 3.8) is 0 Å². The van der Waals surface area contributed by atoms with E-state index >= 15 is 0 Å². The van der Waals surface area contributed by atoms with Gasteiger partial charge in [0.2, 0.25) is 0 Å². The first kappa shape index (κ1) is 16.2. The second kappa shape index (κ2) is 5.24. The average Bonchev–Trinajstić information content (AvgIpc) is 2.57. The Bertz CT molecular complexity index is 669. The highest BCUT2D eigenvalue weighted by molar-refractivity contribution is 6.43. The van der Waals surface area contributed by atoms with Crippen molar-refractivity contribution in [3.05, 3.63) is 22.5 Å². The maximum atomic E-state index is 12.4. The van der Waals surface area contributed by atoms with Gasteiger partial charge >= 0.3 is 0 Å². The van der Waals surface area contributed by atoms with Crippen LogP contribution in [0.1, 0.15) is 51.9 Å². The number of nitrogens with one attached hydrogen (secondary N) is 1. The Morgan fingerprint density at radius 1 is 1.32 bits per heavy atom. The maximum absolute atomic E-state index is 12.4. The zero-order chi connectivity index (χ0) is 16.8. The molecule has 0 bridgehead atoms. The molecule has 7 heteroatoms. The van der Waals surface area contributed by atoms with E-state index in [0.29, 0.717) is 24.1 Å². The number of aliphatic hydroxyl groups is 1. The molecule has 4 N–H and O–H groups in total. The van der Waals surface area contributed by atoms with Gasteiger partial charge in [-0.3, -0.25) is 14.4 Å². The van der Waals surface area contributed by atoms with E-state index in [-0.39, 0.29) is 11.3 Å². The van der Waals surface area contributed by atoms with Gasteiger partial charge in [0.15, 0.2) is 0 Å². The lowest BCUT2D eigenvalue weighted by Crippen LogP contribution is -2.58. The Morgan fingerprint density at radius 3 is 2.27 bits per heavy atom. The molecule has 120 valence electrons. The van der Waals surface area contributed by atoms with Gasteiger partial charge in [-0.15, -0.1) is 0 Å². The molecule has 0 saturated heterocycles. The topological polar surface area (TPSA) is 114 Å². The van der Waals surface area contributed by atoms with Crippen molar-refractivity contribution in [3.8, 4) is 0 Å². The molecule has 1 saturated carbocycles. The van der Waals surface area contributed by atoms with Crippen molar-refractivity contribution in [1.29, 1.82) is 0 Å². The largest absolute Gasteiger partial charge is 0.393 e. The van der Waals surface area contributed by atoms with Crippen LogP contribution in [0.4, 0.5) is 0 Å². The summed E-state index contributed by atoms with van der Waals surface area (Å²) < 4.78 is 1.51. The van der Waals surface area contributed by atoms with Crippen LogP contribution in [0.5, 0.6) is 0 Å². The smallest absolute Gasteiger partial charge is 0.294 e. The minimum atomic E-state index is -0.742. The summed E-state index contributed by atoms with van der Waals surface area (Å²) in [5.41, 5.74) is 6.15. The van der Waals surface area contributed by atoms with E-state index < -0.39 is 29.2 Å². The van der Waals surface area contributed by atoms with Crippen molar-refractivity contribution in [1.82, 2.24) is 9.88 Å². The van der Waals surface area contributed by atoms with E-state index in [4.69, 9.17) is 5.73 Å². The minimum Gasteiger partial charge on any atom is -0.393 e. The highest BCUT2D eigenvalue weighted by atomic mass is 16.3. The number of ketones is 1. The molecule has 1 aliphatic carbocycles. The first-order chi connectivity index (χ1) is 10.1. The summed E-state index contributed by atoms with van der Waals surface area (Å²) in [5, 5.41) is 12.0. The first-order valence-electron chi connectivity index (χ1n) is 7.08. The van der Waals surface area contributed by atoms with E-state index in [1.54, 1.807) is 27.8 Å². The molecule has 0 aromatic carbocycles. The predicted molar refractivity (Wildman–Crippen MR) is 79.5 cm³/mol. The van der Waals surface area contributed by atoms with Crippen LogP contribution in [-0.2, 0) is 11.8 Å². The number of hydrogen-bond donors (Lipinski definition) is 3. The summed E-state index contributed by atoms with van der Waals surface area (Å²) in [7, 11) is 1.62. The van der Waals surface area contributed by atoms with Crippen molar-refractivity contribution < 1.29 is 19.5 Å². The average molecular weight is 307 g/mol. The van der Waals surface area contributed by atoms with E-state index in [1.807, 2.05) is 0 Å². The summed E-state index contributed by atoms with van der Waals surface area (Å²) in [5.74, 6) is -2.08. The number of primary amides is 1. The molecule has 0 unspecified atom stereocenters. The van der Waals surface area contributed by atoms with Gasteiger partial charge in [0.1, 0.15) is 0 Å². The van der Waals surface area contributed by atoms with Gasteiger partial charge in [-0.1, -0.05) is 0 Å². The van der Waals surface area contributed by atoms with Crippen LogP contribution in [0.2, 0.25) is 0 Å². The number of rotatable bonds is 4. The predicted octanol–water partition coefficient (Wildman–Crippen LogP) is -0.0469. The fraction of sp³-hybridized carbons (Fsp3) is 0.533. The third-order valence-corrected chi connectivity index (χ3v) is 4.39. The van der Waals surface area contributed by atoms with Gasteiger partial charge in [-0.25, -0.2) is 0 Å². The van der Waals surface area contributed by atoms with Gasteiger partial charge in [0.05, 0.1) is 17.4 Å². The number of aliphatic hydroxyl groups excluding tert-OH is 1. The van der Waals surface area contributed by atoms with Gasteiger partial charge in [0, 0.05) is 18.3 Å². The molecule has 2 rings (SSSR count). The highest BCUT2D eigenvalue weighted by Gasteiger charge is 2.42. The van der Waals surface area contributed by atoms with Crippen LogP contribution in [0.3, 0.4) is 0 Å². The van der Waals surface area contributed by atoms with Crippen molar-refractivity contribution >= 4 is 17.6 Å². The van der Waals surface area contributed by atoms with E-state index in [2.05, 4.69) is 5.32 Å². The lowest BCUT2D eigenvalue weighted by molar-refractivity contribution is -0.121. The van der Waals surface area contributed by atoms with Crippen molar-refractivity contribution in [2.45, 2.75) is 45.3 Å². The van der Waals surface area contributed by atoms with Gasteiger partial charge in [-0.05, 0) is 39.2 Å². The number of Topliss-reactive ketones (excluding diaryl/α,β-unsaturated/α-hetero) is 1. The zero-order valence-electron chi connectivity index (χ0n) is 13.2. The standard InChI is InChI=1S/C15H21N3O4/c1-7-10(13(16)21)8(2)18(4)11(7)12(20)14(22)17-15(3)5-9(19)6-15/h9,19H,5-6H2,1-4H3,(H2,16,21)(H,17,22). The molecule has 2 amide bonds. The molecule has 22 heavy (non-hydrogen) atoms. The summed E-state index contributed by atoms with van der Waals surface area (Å²) >= 11 is 0. The molecular formula is C15H21N3O4. The molecule has 0 atom stereocenters. The number of carbonyl (C=O) groups is 3. The summed E-state index contributed by atoms with van der Waals surface area (Å²) in [6.07, 6.45) is 0.397. The van der Waals surface area contributed by atoms with E-state index in [0.717, 1.165) is 0 Å². The Labute approximate surface area is 128 Å². The number of amides is 2. The molecule has 1 aromatic heterocycles. The van der Waals surface area contributed by atoms with Crippen molar-refractivity contribution in [2.24, 2.45) is 12.8 Å². The van der Waals surface area contributed by atoms with Crippen LogP contribution in [0.15, 0.2) is 0 Å². The molecule has 1 heterocycles. The van der Waals surface area contributed by atoms with Gasteiger partial charge in [-0.2, -0.15) is 0 Å². The molecule has 0 radical (unpaired) electrons. The number of aromatic nitrogens is 1. The molecule has 1 aliphatic rings. The maximum Gasteiger partial charge on any atom is 0.294 e. The monoisotopic (exact) mass is 307 g/mol. The van der Waals surface area contributed by atoms with Crippen LogP contribution in [0.25, 0.3) is 0 Å². The lowest BCUT2D eigenvalue weighted by atomic mass is 9.76. The van der Waals surface area contributed by atoms with Crippen LogP contribution >= 0.6 is 0 Å². The highest BCUT2D eigenvalue weighted by Crippen LogP contribution is 2.31. The molecule has 0 spiro atoms. The number of carbonyl (C=O) groups excluding carboxylic acids is 3. The van der Waals surface area contributed by atoms with Crippen LogP contribution in [-0.4, -0.2) is 38.9 Å². The summed E-state index contributed by atoms with van der Waals surface area (Å²) in [6.45, 7) is 5.05. The summed E-state index contributed by atoms with van der Waals surface area (Å²) in [4.78, 5) is 36.1.